The molecular formula is C17H25N3O3S. The molecule has 0 saturated carbocycles. The van der Waals surface area contributed by atoms with E-state index >= 15 is 0 Å². The quantitative estimate of drug-likeness (QED) is 0.854. The van der Waals surface area contributed by atoms with Crippen LogP contribution in [0.2, 0.25) is 0 Å². The number of carbonyl (C=O) groups excluding carboxylic acids is 3. The summed E-state index contributed by atoms with van der Waals surface area (Å²) in [4.78, 5) is 41.2. The van der Waals surface area contributed by atoms with Gasteiger partial charge in [0.15, 0.2) is 10.9 Å². The highest BCUT2D eigenvalue weighted by Crippen LogP contribution is 2.38. The van der Waals surface area contributed by atoms with Gasteiger partial charge in [-0.05, 0) is 17.8 Å². The van der Waals surface area contributed by atoms with Gasteiger partial charge in [-0.3, -0.25) is 14.4 Å². The molecule has 0 aromatic carbocycles. The Balaban J connectivity index is 2.17. The minimum absolute atomic E-state index is 0.00375. The first kappa shape index (κ1) is 18.6. The van der Waals surface area contributed by atoms with Crippen molar-refractivity contribution in [1.29, 1.82) is 0 Å². The van der Waals surface area contributed by atoms with Gasteiger partial charge in [-0.1, -0.05) is 45.5 Å². The van der Waals surface area contributed by atoms with Gasteiger partial charge in [0, 0.05) is 13.3 Å². The van der Waals surface area contributed by atoms with Crippen molar-refractivity contribution in [3.63, 3.8) is 0 Å². The lowest BCUT2D eigenvalue weighted by atomic mass is 9.78. The average molecular weight is 351 g/mol. The van der Waals surface area contributed by atoms with Crippen LogP contribution in [0.4, 0.5) is 5.13 Å². The molecule has 0 unspecified atom stereocenters. The maximum absolute atomic E-state index is 12.5. The fourth-order valence-corrected chi connectivity index (χ4v) is 3.80. The number of ketones is 1. The Morgan fingerprint density at radius 3 is 2.58 bits per heavy atom. The van der Waals surface area contributed by atoms with E-state index in [1.54, 1.807) is 0 Å². The number of anilines is 1. The summed E-state index contributed by atoms with van der Waals surface area (Å²) in [6.45, 7) is 9.36. The number of carbonyl (C=O) groups is 3. The molecule has 0 radical (unpaired) electrons. The summed E-state index contributed by atoms with van der Waals surface area (Å²) in [5.41, 5.74) is 0.658. The molecule has 0 bridgehead atoms. The van der Waals surface area contributed by atoms with Crippen molar-refractivity contribution < 1.29 is 14.4 Å². The smallest absolute Gasteiger partial charge is 0.249 e. The largest absolute Gasteiger partial charge is 0.344 e. The second-order valence-corrected chi connectivity index (χ2v) is 8.29. The lowest BCUT2D eigenvalue weighted by Crippen LogP contribution is -2.46. The number of hydrogen-bond donors (Lipinski definition) is 2. The molecule has 0 saturated heterocycles. The molecule has 7 heteroatoms. The second kappa shape index (κ2) is 7.01. The molecule has 1 aromatic rings. The van der Waals surface area contributed by atoms with Crippen molar-refractivity contribution in [2.24, 2.45) is 11.3 Å². The van der Waals surface area contributed by atoms with Crippen LogP contribution in [0.3, 0.4) is 0 Å². The van der Waals surface area contributed by atoms with Crippen LogP contribution in [-0.2, 0) is 16.0 Å². The Bertz CT molecular complexity index is 666. The number of rotatable bonds is 5. The van der Waals surface area contributed by atoms with Crippen LogP contribution < -0.4 is 10.6 Å². The van der Waals surface area contributed by atoms with E-state index < -0.39 is 6.04 Å². The monoisotopic (exact) mass is 351 g/mol. The van der Waals surface area contributed by atoms with Crippen molar-refractivity contribution in [1.82, 2.24) is 10.3 Å². The first-order valence-corrected chi connectivity index (χ1v) is 9.05. The molecule has 0 fully saturated rings. The van der Waals surface area contributed by atoms with Gasteiger partial charge in [-0.2, -0.15) is 0 Å². The van der Waals surface area contributed by atoms with E-state index in [0.29, 0.717) is 16.4 Å². The number of amides is 2. The minimum atomic E-state index is -0.611. The molecular weight excluding hydrogens is 326 g/mol. The maximum atomic E-state index is 12.5. The number of fused-ring (bicyclic) bond motifs is 1. The molecule has 2 rings (SSSR count). The highest BCUT2D eigenvalue weighted by molar-refractivity contribution is 7.17. The van der Waals surface area contributed by atoms with E-state index in [2.05, 4.69) is 15.6 Å². The number of hydrogen-bond acceptors (Lipinski definition) is 5. The minimum Gasteiger partial charge on any atom is -0.344 e. The predicted octanol–water partition coefficient (Wildman–Crippen LogP) is 2.79. The molecule has 1 aliphatic rings. The molecule has 1 aliphatic carbocycles. The van der Waals surface area contributed by atoms with Gasteiger partial charge in [0.1, 0.15) is 6.04 Å². The summed E-state index contributed by atoms with van der Waals surface area (Å²) in [5, 5.41) is 5.89. The third-order valence-electron chi connectivity index (χ3n) is 4.32. The molecule has 1 aromatic heterocycles. The summed E-state index contributed by atoms with van der Waals surface area (Å²) < 4.78 is 0. The van der Waals surface area contributed by atoms with Crippen LogP contribution in [-0.4, -0.2) is 28.6 Å². The summed E-state index contributed by atoms with van der Waals surface area (Å²) in [6, 6.07) is -0.611. The number of nitrogens with one attached hydrogen (secondary N) is 2. The zero-order chi connectivity index (χ0) is 18.1. The first-order valence-electron chi connectivity index (χ1n) is 8.24. The Kier molecular flexibility index (Phi) is 5.42. The fraction of sp³-hybridized carbons (Fsp3) is 0.647. The molecule has 1 heterocycles. The van der Waals surface area contributed by atoms with Gasteiger partial charge in [-0.25, -0.2) is 4.98 Å². The summed E-state index contributed by atoms with van der Waals surface area (Å²) >= 11 is 1.22. The Hall–Kier alpha value is -1.76. The van der Waals surface area contributed by atoms with Gasteiger partial charge in [-0.15, -0.1) is 0 Å². The van der Waals surface area contributed by atoms with E-state index in [1.807, 2.05) is 27.7 Å². The standard InChI is InChI=1S/C17H25N3O3S/c1-6-9(2)13(18-10(3)21)15(23)20-16-19-11-7-17(4,5)8-12(22)14(11)24-16/h9,13H,6-8H2,1-5H3,(H,18,21)(H,19,20,23)/t9-,13-/m0/s1. The van der Waals surface area contributed by atoms with Crippen molar-refractivity contribution in [3.05, 3.63) is 10.6 Å². The van der Waals surface area contributed by atoms with Crippen molar-refractivity contribution in [2.75, 3.05) is 5.32 Å². The second-order valence-electron chi connectivity index (χ2n) is 7.29. The van der Waals surface area contributed by atoms with Gasteiger partial charge in [0.05, 0.1) is 10.6 Å². The van der Waals surface area contributed by atoms with Crippen molar-refractivity contribution in [3.8, 4) is 0 Å². The maximum Gasteiger partial charge on any atom is 0.249 e. The van der Waals surface area contributed by atoms with Gasteiger partial charge in [0.25, 0.3) is 0 Å². The van der Waals surface area contributed by atoms with Gasteiger partial charge >= 0.3 is 0 Å². The topological polar surface area (TPSA) is 88.2 Å². The third kappa shape index (κ3) is 4.20. The summed E-state index contributed by atoms with van der Waals surface area (Å²) in [6.07, 6.45) is 1.98. The van der Waals surface area contributed by atoms with E-state index in [0.717, 1.165) is 18.5 Å². The molecule has 6 nitrogen and oxygen atoms in total. The van der Waals surface area contributed by atoms with E-state index in [9.17, 15) is 14.4 Å². The number of Topliss-reactive ketones (excluding diaryl/α,β-unsaturated/α-hetero) is 1. The molecule has 2 N–H and O–H groups in total. The first-order chi connectivity index (χ1) is 11.1. The Morgan fingerprint density at radius 1 is 1.33 bits per heavy atom. The van der Waals surface area contributed by atoms with E-state index in [4.69, 9.17) is 0 Å². The predicted molar refractivity (Wildman–Crippen MR) is 94.2 cm³/mol. The summed E-state index contributed by atoms with van der Waals surface area (Å²) in [7, 11) is 0. The van der Waals surface area contributed by atoms with E-state index in [1.165, 1.54) is 18.3 Å². The highest BCUT2D eigenvalue weighted by Gasteiger charge is 2.34. The molecule has 0 aliphatic heterocycles. The van der Waals surface area contributed by atoms with Crippen LogP contribution in [0.15, 0.2) is 0 Å². The van der Waals surface area contributed by atoms with E-state index in [-0.39, 0.29) is 28.9 Å². The van der Waals surface area contributed by atoms with Crippen LogP contribution >= 0.6 is 11.3 Å². The summed E-state index contributed by atoms with van der Waals surface area (Å²) in [5.74, 6) is -0.452. The third-order valence-corrected chi connectivity index (χ3v) is 5.37. The van der Waals surface area contributed by atoms with Crippen LogP contribution in [0.25, 0.3) is 0 Å². The van der Waals surface area contributed by atoms with Crippen LogP contribution in [0.1, 0.15) is 62.8 Å². The lowest BCUT2D eigenvalue weighted by Gasteiger charge is -2.26. The van der Waals surface area contributed by atoms with Crippen molar-refractivity contribution in [2.45, 2.75) is 59.9 Å². The average Bonchev–Trinajstić information content (AvgIpc) is 2.84. The Morgan fingerprint density at radius 2 is 2.00 bits per heavy atom. The molecule has 2 amide bonds. The number of nitrogens with zero attached hydrogens (tertiary/aromatic N) is 1. The van der Waals surface area contributed by atoms with Crippen molar-refractivity contribution >= 4 is 34.1 Å². The number of thiazole rings is 1. The lowest BCUT2D eigenvalue weighted by molar-refractivity contribution is -0.126. The zero-order valence-electron chi connectivity index (χ0n) is 14.9. The van der Waals surface area contributed by atoms with Gasteiger partial charge < -0.3 is 10.6 Å². The molecule has 0 spiro atoms. The SMILES string of the molecule is CC[C@H](C)[C@H](NC(C)=O)C(=O)Nc1nc2c(s1)C(=O)CC(C)(C)C2. The van der Waals surface area contributed by atoms with Crippen LogP contribution in [0, 0.1) is 11.3 Å². The highest BCUT2D eigenvalue weighted by atomic mass is 32.1. The van der Waals surface area contributed by atoms with Gasteiger partial charge in [0.2, 0.25) is 11.8 Å². The zero-order valence-corrected chi connectivity index (χ0v) is 15.7. The molecule has 24 heavy (non-hydrogen) atoms. The molecule has 2 atom stereocenters. The molecule has 132 valence electrons. The fourth-order valence-electron chi connectivity index (χ4n) is 2.88. The normalized spacial score (nSPS) is 18.5. The van der Waals surface area contributed by atoms with Crippen LogP contribution in [0.5, 0.6) is 0 Å². The number of aromatic nitrogens is 1. The Labute approximate surface area is 146 Å².